The monoisotopic (exact) mass is 235 g/mol. The average molecular weight is 235 g/mol. The molecule has 8 heteroatoms. The molecule has 2 aromatic heterocycles. The molecule has 0 aromatic carbocycles. The van der Waals surface area contributed by atoms with Crippen molar-refractivity contribution in [3.63, 3.8) is 0 Å². The molecule has 0 atom stereocenters. The van der Waals surface area contributed by atoms with Crippen molar-refractivity contribution < 1.29 is 4.79 Å². The predicted molar refractivity (Wildman–Crippen MR) is 57.4 cm³/mol. The number of amides is 1. The maximum Gasteiger partial charge on any atom is 0.325 e. The molecule has 17 heavy (non-hydrogen) atoms. The molecule has 0 unspecified atom stereocenters. The summed E-state index contributed by atoms with van der Waals surface area (Å²) in [6.07, 6.45) is 4.25. The summed E-state index contributed by atoms with van der Waals surface area (Å²) in [5.74, 6) is -0.566. The summed E-state index contributed by atoms with van der Waals surface area (Å²) >= 11 is 0. The van der Waals surface area contributed by atoms with Crippen LogP contribution in [0.5, 0.6) is 0 Å². The highest BCUT2D eigenvalue weighted by atomic mass is 16.2. The SMILES string of the molecule is O=C(NCc1cn[nH]c1)c1c[nH]c(=O)[nH]c1=O. The second-order valence-corrected chi connectivity index (χ2v) is 3.27. The van der Waals surface area contributed by atoms with Crippen LogP contribution in [-0.4, -0.2) is 26.1 Å². The first-order valence-corrected chi connectivity index (χ1v) is 4.74. The van der Waals surface area contributed by atoms with E-state index in [1.165, 1.54) is 0 Å². The van der Waals surface area contributed by atoms with Crippen LogP contribution in [0.25, 0.3) is 0 Å². The minimum atomic E-state index is -0.724. The molecule has 88 valence electrons. The van der Waals surface area contributed by atoms with Gasteiger partial charge in [0.15, 0.2) is 0 Å². The Bertz CT molecular complexity index is 625. The molecule has 0 aliphatic rings. The minimum Gasteiger partial charge on any atom is -0.348 e. The number of hydrogen-bond acceptors (Lipinski definition) is 4. The van der Waals surface area contributed by atoms with Crippen LogP contribution in [0, 0.1) is 0 Å². The Morgan fingerprint density at radius 1 is 1.35 bits per heavy atom. The first-order chi connectivity index (χ1) is 8.16. The maximum atomic E-state index is 11.6. The normalized spacial score (nSPS) is 10.1. The van der Waals surface area contributed by atoms with Gasteiger partial charge in [-0.2, -0.15) is 5.10 Å². The van der Waals surface area contributed by atoms with E-state index in [1.807, 2.05) is 4.98 Å². The number of aromatic amines is 3. The van der Waals surface area contributed by atoms with Crippen LogP contribution >= 0.6 is 0 Å². The molecule has 0 aliphatic carbocycles. The predicted octanol–water partition coefficient (Wildman–Crippen LogP) is -1.28. The van der Waals surface area contributed by atoms with Crippen LogP contribution in [-0.2, 0) is 6.54 Å². The van der Waals surface area contributed by atoms with Gasteiger partial charge in [-0.25, -0.2) is 4.79 Å². The van der Waals surface area contributed by atoms with Gasteiger partial charge >= 0.3 is 5.69 Å². The molecule has 0 aliphatic heterocycles. The lowest BCUT2D eigenvalue weighted by Crippen LogP contribution is -2.33. The Morgan fingerprint density at radius 2 is 2.18 bits per heavy atom. The summed E-state index contributed by atoms with van der Waals surface area (Å²) in [6, 6.07) is 0. The molecule has 2 heterocycles. The Kier molecular flexibility index (Phi) is 2.86. The molecule has 1 amide bonds. The van der Waals surface area contributed by atoms with Gasteiger partial charge < -0.3 is 10.3 Å². The van der Waals surface area contributed by atoms with Gasteiger partial charge in [-0.3, -0.25) is 19.7 Å². The third-order valence-corrected chi connectivity index (χ3v) is 2.07. The maximum absolute atomic E-state index is 11.6. The van der Waals surface area contributed by atoms with E-state index in [9.17, 15) is 14.4 Å². The first kappa shape index (κ1) is 10.9. The lowest BCUT2D eigenvalue weighted by atomic mass is 10.3. The van der Waals surface area contributed by atoms with E-state index in [4.69, 9.17) is 0 Å². The fourth-order valence-corrected chi connectivity index (χ4v) is 1.23. The Balaban J connectivity index is 2.10. The third-order valence-electron chi connectivity index (χ3n) is 2.07. The third kappa shape index (κ3) is 2.48. The summed E-state index contributed by atoms with van der Waals surface area (Å²) in [4.78, 5) is 37.8. The van der Waals surface area contributed by atoms with Gasteiger partial charge in [0.2, 0.25) is 0 Å². The zero-order chi connectivity index (χ0) is 12.3. The standard InChI is InChI=1S/C9H9N5O3/c15-7(10-1-5-2-12-13-3-5)6-4-11-9(17)14-8(6)16/h2-4H,1H2,(H,10,15)(H,12,13)(H2,11,14,16,17). The van der Waals surface area contributed by atoms with Crippen molar-refractivity contribution >= 4 is 5.91 Å². The van der Waals surface area contributed by atoms with Crippen molar-refractivity contribution in [1.82, 2.24) is 25.5 Å². The van der Waals surface area contributed by atoms with Crippen molar-refractivity contribution in [3.05, 3.63) is 50.6 Å². The van der Waals surface area contributed by atoms with E-state index >= 15 is 0 Å². The average Bonchev–Trinajstić information content (AvgIpc) is 2.78. The number of hydrogen-bond donors (Lipinski definition) is 4. The molecule has 0 fully saturated rings. The second-order valence-electron chi connectivity index (χ2n) is 3.27. The zero-order valence-corrected chi connectivity index (χ0v) is 8.61. The smallest absolute Gasteiger partial charge is 0.325 e. The lowest BCUT2D eigenvalue weighted by molar-refractivity contribution is 0.0949. The number of carbonyl (C=O) groups is 1. The highest BCUT2D eigenvalue weighted by molar-refractivity contribution is 5.93. The molecule has 0 bridgehead atoms. The highest BCUT2D eigenvalue weighted by Gasteiger charge is 2.10. The van der Waals surface area contributed by atoms with Gasteiger partial charge in [-0.1, -0.05) is 0 Å². The summed E-state index contributed by atoms with van der Waals surface area (Å²) in [5, 5.41) is 8.83. The fourth-order valence-electron chi connectivity index (χ4n) is 1.23. The highest BCUT2D eigenvalue weighted by Crippen LogP contribution is 1.93. The Hall–Kier alpha value is -2.64. The first-order valence-electron chi connectivity index (χ1n) is 4.74. The quantitative estimate of drug-likeness (QED) is 0.528. The molecule has 4 N–H and O–H groups in total. The van der Waals surface area contributed by atoms with Crippen molar-refractivity contribution in [2.24, 2.45) is 0 Å². The Labute approximate surface area is 94.1 Å². The number of rotatable bonds is 3. The van der Waals surface area contributed by atoms with Gasteiger partial charge in [0.25, 0.3) is 11.5 Å². The summed E-state index contributed by atoms with van der Waals surface area (Å²) in [6.45, 7) is 0.244. The van der Waals surface area contributed by atoms with E-state index in [2.05, 4.69) is 20.5 Å². The molecular formula is C9H9N5O3. The molecule has 2 aromatic rings. The van der Waals surface area contributed by atoms with Crippen molar-refractivity contribution in [2.75, 3.05) is 0 Å². The number of aromatic nitrogens is 4. The van der Waals surface area contributed by atoms with Gasteiger partial charge in [0.05, 0.1) is 6.20 Å². The summed E-state index contributed by atoms with van der Waals surface area (Å²) in [7, 11) is 0. The number of carbonyl (C=O) groups excluding carboxylic acids is 1. The molecule has 8 nitrogen and oxygen atoms in total. The van der Waals surface area contributed by atoms with Gasteiger partial charge in [-0.15, -0.1) is 0 Å². The lowest BCUT2D eigenvalue weighted by Gasteiger charge is -2.01. The van der Waals surface area contributed by atoms with Crippen LogP contribution in [0.4, 0.5) is 0 Å². The number of nitrogens with one attached hydrogen (secondary N) is 4. The van der Waals surface area contributed by atoms with Crippen LogP contribution in [0.15, 0.2) is 28.2 Å². The van der Waals surface area contributed by atoms with Gasteiger partial charge in [0, 0.05) is 24.5 Å². The van der Waals surface area contributed by atoms with Crippen LogP contribution in [0.2, 0.25) is 0 Å². The van der Waals surface area contributed by atoms with Crippen LogP contribution < -0.4 is 16.6 Å². The molecule has 0 saturated heterocycles. The van der Waals surface area contributed by atoms with Crippen LogP contribution in [0.3, 0.4) is 0 Å². The van der Waals surface area contributed by atoms with Crippen LogP contribution in [0.1, 0.15) is 15.9 Å². The fraction of sp³-hybridized carbons (Fsp3) is 0.111. The molecule has 0 spiro atoms. The number of nitrogens with zero attached hydrogens (tertiary/aromatic N) is 1. The van der Waals surface area contributed by atoms with E-state index in [0.717, 1.165) is 11.8 Å². The molecular weight excluding hydrogens is 226 g/mol. The topological polar surface area (TPSA) is 123 Å². The number of H-pyrrole nitrogens is 3. The van der Waals surface area contributed by atoms with E-state index in [1.54, 1.807) is 12.4 Å². The zero-order valence-electron chi connectivity index (χ0n) is 8.61. The van der Waals surface area contributed by atoms with Gasteiger partial charge in [0.1, 0.15) is 5.56 Å². The largest absolute Gasteiger partial charge is 0.348 e. The van der Waals surface area contributed by atoms with Crippen molar-refractivity contribution in [3.8, 4) is 0 Å². The second kappa shape index (κ2) is 4.47. The van der Waals surface area contributed by atoms with Crippen molar-refractivity contribution in [1.29, 1.82) is 0 Å². The van der Waals surface area contributed by atoms with Gasteiger partial charge in [-0.05, 0) is 0 Å². The van der Waals surface area contributed by atoms with E-state index < -0.39 is 17.2 Å². The summed E-state index contributed by atoms with van der Waals surface area (Å²) < 4.78 is 0. The molecule has 0 radical (unpaired) electrons. The minimum absolute atomic E-state index is 0.145. The Morgan fingerprint density at radius 3 is 2.82 bits per heavy atom. The van der Waals surface area contributed by atoms with E-state index in [0.29, 0.717) is 0 Å². The molecule has 0 saturated carbocycles. The van der Waals surface area contributed by atoms with E-state index in [-0.39, 0.29) is 12.1 Å². The van der Waals surface area contributed by atoms with Crippen molar-refractivity contribution in [2.45, 2.75) is 6.54 Å². The molecule has 2 rings (SSSR count). The summed E-state index contributed by atoms with van der Waals surface area (Å²) in [5.41, 5.74) is -0.743.